The van der Waals surface area contributed by atoms with Crippen molar-refractivity contribution in [1.29, 1.82) is 0 Å². The van der Waals surface area contributed by atoms with Crippen molar-refractivity contribution >= 4 is 18.2 Å². The lowest BCUT2D eigenvalue weighted by atomic mass is 9.97. The van der Waals surface area contributed by atoms with E-state index in [9.17, 15) is 4.79 Å². The van der Waals surface area contributed by atoms with Crippen LogP contribution in [0.2, 0.25) is 0 Å². The molecule has 1 N–H and O–H groups in total. The zero-order chi connectivity index (χ0) is 16.7. The average molecular weight is 337 g/mol. The Bertz CT molecular complexity index is 510. The minimum Gasteiger partial charge on any atom is -0.493 e. The Morgan fingerprint density at radius 2 is 2.26 bits per heavy atom. The topological polar surface area (TPSA) is 41.6 Å². The molecule has 0 bridgehead atoms. The number of nitrogens with one attached hydrogen (secondary N) is 1. The van der Waals surface area contributed by atoms with Crippen molar-refractivity contribution in [3.8, 4) is 5.75 Å². The van der Waals surface area contributed by atoms with Gasteiger partial charge in [-0.2, -0.15) is 0 Å². The fourth-order valence-corrected chi connectivity index (χ4v) is 3.37. The van der Waals surface area contributed by atoms with Gasteiger partial charge in [-0.1, -0.05) is 31.0 Å². The van der Waals surface area contributed by atoms with E-state index in [1.807, 2.05) is 6.26 Å². The van der Waals surface area contributed by atoms with Gasteiger partial charge in [0.05, 0.1) is 13.2 Å². The summed E-state index contributed by atoms with van der Waals surface area (Å²) in [4.78, 5) is 13.3. The second kappa shape index (κ2) is 9.30. The number of nitrogens with zero attached hydrogens (tertiary/aromatic N) is 1. The molecule has 1 aromatic rings. The first-order valence-corrected chi connectivity index (χ1v) is 9.57. The van der Waals surface area contributed by atoms with Crippen molar-refractivity contribution in [3.63, 3.8) is 0 Å². The van der Waals surface area contributed by atoms with Gasteiger partial charge in [0.15, 0.2) is 0 Å². The molecule has 0 saturated carbocycles. The van der Waals surface area contributed by atoms with E-state index < -0.39 is 0 Å². The summed E-state index contributed by atoms with van der Waals surface area (Å²) in [6, 6.07) is 6.91. The Balaban J connectivity index is 1.96. The molecule has 0 amide bonds. The van der Waals surface area contributed by atoms with E-state index in [1.54, 1.807) is 11.9 Å². The van der Waals surface area contributed by atoms with Crippen LogP contribution in [0.4, 0.5) is 0 Å². The van der Waals surface area contributed by atoms with Gasteiger partial charge in [0, 0.05) is 25.6 Å². The van der Waals surface area contributed by atoms with E-state index in [1.165, 1.54) is 11.1 Å². The molecule has 2 rings (SSSR count). The van der Waals surface area contributed by atoms with Crippen molar-refractivity contribution in [2.24, 2.45) is 0 Å². The first-order chi connectivity index (χ1) is 11.2. The molecule has 0 aliphatic carbocycles. The van der Waals surface area contributed by atoms with Crippen LogP contribution in [0.25, 0.3) is 0 Å². The first-order valence-electron chi connectivity index (χ1n) is 8.34. The lowest BCUT2D eigenvalue weighted by Crippen LogP contribution is -2.38. The maximum absolute atomic E-state index is 11.0. The summed E-state index contributed by atoms with van der Waals surface area (Å²) in [6.45, 7) is 7.60. The quantitative estimate of drug-likeness (QED) is 0.404. The molecule has 1 aliphatic heterocycles. The van der Waals surface area contributed by atoms with Gasteiger partial charge in [-0.25, -0.2) is 0 Å². The van der Waals surface area contributed by atoms with Gasteiger partial charge >= 0.3 is 0 Å². The van der Waals surface area contributed by atoms with Crippen LogP contribution >= 0.6 is 11.9 Å². The third-order valence-corrected chi connectivity index (χ3v) is 5.02. The SMILES string of the molecule is CSNCCC(C)N(CC=O)CC(C)c1ccc2c(c1)CCO2. The molecule has 0 saturated heterocycles. The minimum atomic E-state index is 0.389. The van der Waals surface area contributed by atoms with Gasteiger partial charge in [-0.3, -0.25) is 9.62 Å². The van der Waals surface area contributed by atoms with Crippen LogP contribution in [-0.2, 0) is 11.2 Å². The Morgan fingerprint density at radius 3 is 3.00 bits per heavy atom. The van der Waals surface area contributed by atoms with Crippen molar-refractivity contribution < 1.29 is 9.53 Å². The maximum Gasteiger partial charge on any atom is 0.133 e. The van der Waals surface area contributed by atoms with Crippen molar-refractivity contribution in [3.05, 3.63) is 29.3 Å². The molecular formula is C18H28N2O2S. The van der Waals surface area contributed by atoms with E-state index in [2.05, 4.69) is 41.7 Å². The normalized spacial score (nSPS) is 16.0. The second-order valence-corrected chi connectivity index (χ2v) is 6.92. The molecule has 0 aromatic heterocycles. The number of hydrogen-bond donors (Lipinski definition) is 1. The number of fused-ring (bicyclic) bond motifs is 1. The van der Waals surface area contributed by atoms with Gasteiger partial charge in [0.25, 0.3) is 0 Å². The molecule has 23 heavy (non-hydrogen) atoms. The highest BCUT2D eigenvalue weighted by atomic mass is 32.2. The second-order valence-electron chi connectivity index (χ2n) is 6.22. The van der Waals surface area contributed by atoms with Crippen molar-refractivity contribution in [2.75, 3.05) is 32.5 Å². The van der Waals surface area contributed by atoms with E-state index in [4.69, 9.17) is 4.74 Å². The molecule has 1 heterocycles. The van der Waals surface area contributed by atoms with Crippen LogP contribution in [-0.4, -0.2) is 49.7 Å². The van der Waals surface area contributed by atoms with Gasteiger partial charge in [-0.05, 0) is 42.7 Å². The molecule has 0 fully saturated rings. The molecular weight excluding hydrogens is 308 g/mol. The molecule has 1 aromatic carbocycles. The predicted molar refractivity (Wildman–Crippen MR) is 97.3 cm³/mol. The van der Waals surface area contributed by atoms with Gasteiger partial charge in [0.2, 0.25) is 0 Å². The summed E-state index contributed by atoms with van der Waals surface area (Å²) in [5.74, 6) is 1.43. The van der Waals surface area contributed by atoms with Crippen LogP contribution in [0.5, 0.6) is 5.75 Å². The van der Waals surface area contributed by atoms with Crippen LogP contribution in [0.15, 0.2) is 18.2 Å². The number of ether oxygens (including phenoxy) is 1. The highest BCUT2D eigenvalue weighted by molar-refractivity contribution is 7.96. The fourth-order valence-electron chi connectivity index (χ4n) is 3.05. The van der Waals surface area contributed by atoms with Crippen LogP contribution in [0, 0.1) is 0 Å². The Labute approximate surface area is 144 Å². The van der Waals surface area contributed by atoms with E-state index in [0.717, 1.165) is 44.6 Å². The molecule has 1 aliphatic rings. The van der Waals surface area contributed by atoms with Crippen molar-refractivity contribution in [2.45, 2.75) is 38.6 Å². The van der Waals surface area contributed by atoms with Gasteiger partial charge in [-0.15, -0.1) is 0 Å². The van der Waals surface area contributed by atoms with E-state index in [0.29, 0.717) is 18.5 Å². The van der Waals surface area contributed by atoms with Crippen LogP contribution in [0.3, 0.4) is 0 Å². The highest BCUT2D eigenvalue weighted by Crippen LogP contribution is 2.29. The summed E-state index contributed by atoms with van der Waals surface area (Å²) < 4.78 is 8.86. The average Bonchev–Trinajstić information content (AvgIpc) is 3.02. The highest BCUT2D eigenvalue weighted by Gasteiger charge is 2.19. The van der Waals surface area contributed by atoms with Gasteiger partial charge in [0.1, 0.15) is 12.0 Å². The lowest BCUT2D eigenvalue weighted by Gasteiger charge is -2.30. The molecule has 5 heteroatoms. The Morgan fingerprint density at radius 1 is 1.43 bits per heavy atom. The molecule has 2 unspecified atom stereocenters. The molecule has 128 valence electrons. The third kappa shape index (κ3) is 5.23. The fraction of sp³-hybridized carbons (Fsp3) is 0.611. The van der Waals surface area contributed by atoms with Crippen LogP contribution < -0.4 is 9.46 Å². The maximum atomic E-state index is 11.0. The Hall–Kier alpha value is -1.04. The number of aldehydes is 1. The molecule has 0 radical (unpaired) electrons. The smallest absolute Gasteiger partial charge is 0.133 e. The Kier molecular flexibility index (Phi) is 7.40. The minimum absolute atomic E-state index is 0.389. The number of benzene rings is 1. The summed E-state index contributed by atoms with van der Waals surface area (Å²) >= 11 is 1.64. The molecule has 4 nitrogen and oxygen atoms in total. The zero-order valence-electron chi connectivity index (χ0n) is 14.4. The summed E-state index contributed by atoms with van der Waals surface area (Å²) in [5.41, 5.74) is 2.65. The van der Waals surface area contributed by atoms with Crippen molar-refractivity contribution in [1.82, 2.24) is 9.62 Å². The van der Waals surface area contributed by atoms with Gasteiger partial charge < -0.3 is 9.53 Å². The van der Waals surface area contributed by atoms with Crippen LogP contribution in [0.1, 0.15) is 37.3 Å². The summed E-state index contributed by atoms with van der Waals surface area (Å²) in [7, 11) is 0. The molecule has 2 atom stereocenters. The lowest BCUT2D eigenvalue weighted by molar-refractivity contribution is -0.109. The summed E-state index contributed by atoms with van der Waals surface area (Å²) in [5, 5.41) is 0. The number of carbonyl (C=O) groups excluding carboxylic acids is 1. The molecule has 0 spiro atoms. The zero-order valence-corrected chi connectivity index (χ0v) is 15.2. The predicted octanol–water partition coefficient (Wildman–Crippen LogP) is 2.87. The number of carbonyl (C=O) groups is 1. The number of hydrogen-bond acceptors (Lipinski definition) is 5. The van der Waals surface area contributed by atoms with E-state index in [-0.39, 0.29) is 0 Å². The first kappa shape index (κ1) is 18.3. The standard InChI is InChI=1S/C18H28N2O2S/c1-14(16-4-5-18-17(12-16)7-11-22-18)13-20(9-10-21)15(2)6-8-19-23-3/h4-5,10,12,14-15,19H,6-9,11,13H2,1-3H3. The van der Waals surface area contributed by atoms with E-state index >= 15 is 0 Å². The monoisotopic (exact) mass is 336 g/mol. The third-order valence-electron chi connectivity index (χ3n) is 4.53. The summed E-state index contributed by atoms with van der Waals surface area (Å²) in [6.07, 6.45) is 5.10. The number of rotatable bonds is 10. The largest absolute Gasteiger partial charge is 0.493 e.